The second kappa shape index (κ2) is 6.47. The molecule has 1 amide bonds. The fourth-order valence-electron chi connectivity index (χ4n) is 3.42. The normalized spacial score (nSPS) is 25.4. The number of carbonyl (C=O) groups excluding carboxylic acids is 1. The highest BCUT2D eigenvalue weighted by atomic mass is 35.5. The van der Waals surface area contributed by atoms with Gasteiger partial charge >= 0.3 is 0 Å². The van der Waals surface area contributed by atoms with Crippen molar-refractivity contribution in [2.24, 2.45) is 0 Å². The summed E-state index contributed by atoms with van der Waals surface area (Å²) in [5, 5.41) is 0.635. The predicted octanol–water partition coefficient (Wildman–Crippen LogP) is 2.72. The minimum Gasteiger partial charge on any atom is -0.491 e. The maximum absolute atomic E-state index is 12.4. The number of fused-ring (bicyclic) bond motifs is 1. The van der Waals surface area contributed by atoms with Crippen LogP contribution >= 0.6 is 11.6 Å². The molecule has 0 radical (unpaired) electrons. The summed E-state index contributed by atoms with van der Waals surface area (Å²) in [5.74, 6) is 0.988. The molecule has 0 spiro atoms. The van der Waals surface area contributed by atoms with Gasteiger partial charge < -0.3 is 9.64 Å². The van der Waals surface area contributed by atoms with Gasteiger partial charge in [-0.25, -0.2) is 0 Å². The van der Waals surface area contributed by atoms with E-state index in [2.05, 4.69) is 9.80 Å². The lowest BCUT2D eigenvalue weighted by atomic mass is 10.1. The van der Waals surface area contributed by atoms with Crippen LogP contribution in [0.4, 0.5) is 0 Å². The van der Waals surface area contributed by atoms with Crippen molar-refractivity contribution in [1.29, 1.82) is 0 Å². The molecule has 2 aliphatic heterocycles. The smallest absolute Gasteiger partial charge is 0.239 e. The quantitative estimate of drug-likeness (QED) is 0.854. The molecule has 0 bridgehead atoms. The van der Waals surface area contributed by atoms with E-state index in [9.17, 15) is 4.79 Å². The van der Waals surface area contributed by atoms with E-state index in [1.165, 1.54) is 0 Å². The molecule has 22 heavy (non-hydrogen) atoms. The Morgan fingerprint density at radius 3 is 3.05 bits per heavy atom. The molecule has 0 saturated carbocycles. The highest BCUT2D eigenvalue weighted by molar-refractivity contribution is 6.32. The van der Waals surface area contributed by atoms with E-state index >= 15 is 0 Å². The number of nitrogens with zero attached hydrogens (tertiary/aromatic N) is 2. The van der Waals surface area contributed by atoms with Crippen molar-refractivity contribution in [3.63, 3.8) is 0 Å². The number of rotatable bonds is 4. The maximum Gasteiger partial charge on any atom is 0.239 e. The molecule has 2 fully saturated rings. The molecule has 1 aromatic rings. The Bertz CT molecular complexity index is 564. The molecular weight excluding hydrogens is 300 g/mol. The number of piperazine rings is 1. The van der Waals surface area contributed by atoms with Crippen LogP contribution in [0.2, 0.25) is 5.02 Å². The van der Waals surface area contributed by atoms with Crippen molar-refractivity contribution in [2.75, 3.05) is 26.2 Å². The first kappa shape index (κ1) is 15.6. The van der Waals surface area contributed by atoms with Crippen molar-refractivity contribution < 1.29 is 9.53 Å². The molecule has 2 saturated heterocycles. The standard InChI is InChI=1S/C17H23ClN2O2/c1-12-5-6-15(18)16(10-12)22-9-8-19-11-14-4-3-7-20(14)17(21)13(19)2/h5-6,10,13-14H,3-4,7-9,11H2,1-2H3/t13-,14-/m0/s1. The highest BCUT2D eigenvalue weighted by Gasteiger charge is 2.39. The van der Waals surface area contributed by atoms with Gasteiger partial charge in [0.05, 0.1) is 11.1 Å². The number of carbonyl (C=O) groups is 1. The van der Waals surface area contributed by atoms with Gasteiger partial charge in [0.1, 0.15) is 12.4 Å². The minimum atomic E-state index is -0.0501. The number of amides is 1. The highest BCUT2D eigenvalue weighted by Crippen LogP contribution is 2.27. The van der Waals surface area contributed by atoms with Crippen LogP contribution in [-0.4, -0.2) is 54.0 Å². The summed E-state index contributed by atoms with van der Waals surface area (Å²) in [6, 6.07) is 6.12. The zero-order valence-electron chi connectivity index (χ0n) is 13.2. The Balaban J connectivity index is 1.57. The summed E-state index contributed by atoms with van der Waals surface area (Å²) < 4.78 is 5.82. The number of hydrogen-bond donors (Lipinski definition) is 0. The van der Waals surface area contributed by atoms with Crippen LogP contribution in [0.3, 0.4) is 0 Å². The van der Waals surface area contributed by atoms with E-state index in [1.807, 2.05) is 32.0 Å². The predicted molar refractivity (Wildman–Crippen MR) is 87.5 cm³/mol. The minimum absolute atomic E-state index is 0.0501. The number of ether oxygens (including phenoxy) is 1. The van der Waals surface area contributed by atoms with Gasteiger partial charge in [0.2, 0.25) is 5.91 Å². The largest absolute Gasteiger partial charge is 0.491 e. The summed E-state index contributed by atoms with van der Waals surface area (Å²) in [4.78, 5) is 16.7. The van der Waals surface area contributed by atoms with E-state index in [0.717, 1.165) is 43.8 Å². The van der Waals surface area contributed by atoms with Crippen LogP contribution in [0.1, 0.15) is 25.3 Å². The summed E-state index contributed by atoms with van der Waals surface area (Å²) in [6.45, 7) is 7.20. The summed E-state index contributed by atoms with van der Waals surface area (Å²) >= 11 is 6.14. The van der Waals surface area contributed by atoms with Crippen LogP contribution in [0, 0.1) is 6.92 Å². The first-order valence-electron chi connectivity index (χ1n) is 8.00. The Kier molecular flexibility index (Phi) is 4.59. The van der Waals surface area contributed by atoms with Gasteiger partial charge in [-0.15, -0.1) is 0 Å². The van der Waals surface area contributed by atoms with E-state index in [0.29, 0.717) is 17.7 Å². The summed E-state index contributed by atoms with van der Waals surface area (Å²) in [5.41, 5.74) is 1.13. The lowest BCUT2D eigenvalue weighted by Gasteiger charge is -2.41. The first-order chi connectivity index (χ1) is 10.6. The molecule has 3 rings (SSSR count). The maximum atomic E-state index is 12.4. The van der Waals surface area contributed by atoms with E-state index < -0.39 is 0 Å². The van der Waals surface area contributed by atoms with Crippen LogP contribution < -0.4 is 4.74 Å². The van der Waals surface area contributed by atoms with Crippen molar-refractivity contribution in [2.45, 2.75) is 38.8 Å². The van der Waals surface area contributed by atoms with Crippen LogP contribution in [-0.2, 0) is 4.79 Å². The molecule has 0 unspecified atom stereocenters. The SMILES string of the molecule is Cc1ccc(Cl)c(OCCN2C[C@@H]3CCCN3C(=O)[C@@H]2C)c1. The lowest BCUT2D eigenvalue weighted by Crippen LogP contribution is -2.59. The van der Waals surface area contributed by atoms with Gasteiger partial charge in [-0.2, -0.15) is 0 Å². The average Bonchev–Trinajstić information content (AvgIpc) is 2.96. The molecule has 5 heteroatoms. The van der Waals surface area contributed by atoms with Crippen LogP contribution in [0.25, 0.3) is 0 Å². The molecule has 2 aliphatic rings. The lowest BCUT2D eigenvalue weighted by molar-refractivity contribution is -0.143. The second-order valence-corrected chi connectivity index (χ2v) is 6.69. The molecule has 0 aliphatic carbocycles. The van der Waals surface area contributed by atoms with Crippen molar-refractivity contribution in [1.82, 2.24) is 9.80 Å². The Morgan fingerprint density at radius 1 is 1.41 bits per heavy atom. The van der Waals surface area contributed by atoms with Crippen molar-refractivity contribution in [3.8, 4) is 5.75 Å². The molecule has 4 nitrogen and oxygen atoms in total. The zero-order chi connectivity index (χ0) is 15.7. The summed E-state index contributed by atoms with van der Waals surface area (Å²) in [6.07, 6.45) is 2.26. The molecule has 0 N–H and O–H groups in total. The molecule has 1 aromatic carbocycles. The summed E-state index contributed by atoms with van der Waals surface area (Å²) in [7, 11) is 0. The van der Waals surface area contributed by atoms with Gasteiger partial charge in [0.15, 0.2) is 0 Å². The molecule has 2 atom stereocenters. The van der Waals surface area contributed by atoms with Crippen molar-refractivity contribution in [3.05, 3.63) is 28.8 Å². The van der Waals surface area contributed by atoms with E-state index in [4.69, 9.17) is 16.3 Å². The zero-order valence-corrected chi connectivity index (χ0v) is 14.0. The molecular formula is C17H23ClN2O2. The molecule has 120 valence electrons. The van der Waals surface area contributed by atoms with Gasteiger partial charge in [-0.3, -0.25) is 9.69 Å². The molecule has 2 heterocycles. The monoisotopic (exact) mass is 322 g/mol. The Morgan fingerprint density at radius 2 is 2.23 bits per heavy atom. The third kappa shape index (κ3) is 3.08. The third-order valence-electron chi connectivity index (χ3n) is 4.73. The Labute approximate surface area is 137 Å². The number of aryl methyl sites for hydroxylation is 1. The number of benzene rings is 1. The van der Waals surface area contributed by atoms with Crippen LogP contribution in [0.15, 0.2) is 18.2 Å². The van der Waals surface area contributed by atoms with Crippen LogP contribution in [0.5, 0.6) is 5.75 Å². The number of halogens is 1. The Hall–Kier alpha value is -1.26. The second-order valence-electron chi connectivity index (χ2n) is 6.28. The molecule has 0 aromatic heterocycles. The fraction of sp³-hybridized carbons (Fsp3) is 0.588. The van der Waals surface area contributed by atoms with Crippen molar-refractivity contribution >= 4 is 17.5 Å². The van der Waals surface area contributed by atoms with Gasteiger partial charge in [0.25, 0.3) is 0 Å². The van der Waals surface area contributed by atoms with Gasteiger partial charge in [-0.05, 0) is 44.4 Å². The number of hydrogen-bond acceptors (Lipinski definition) is 3. The van der Waals surface area contributed by atoms with E-state index in [-0.39, 0.29) is 11.9 Å². The van der Waals surface area contributed by atoms with E-state index in [1.54, 1.807) is 0 Å². The third-order valence-corrected chi connectivity index (χ3v) is 5.05. The fourth-order valence-corrected chi connectivity index (χ4v) is 3.59. The average molecular weight is 323 g/mol. The first-order valence-corrected chi connectivity index (χ1v) is 8.37. The van der Waals surface area contributed by atoms with Gasteiger partial charge in [0, 0.05) is 25.7 Å². The van der Waals surface area contributed by atoms with Gasteiger partial charge in [-0.1, -0.05) is 17.7 Å². The topological polar surface area (TPSA) is 32.8 Å².